The van der Waals surface area contributed by atoms with E-state index < -0.39 is 5.82 Å². The van der Waals surface area contributed by atoms with E-state index in [-0.39, 0.29) is 30.4 Å². The molecular weight excluding hydrogens is 393 g/mol. The van der Waals surface area contributed by atoms with Crippen molar-refractivity contribution in [3.63, 3.8) is 0 Å². The zero-order valence-corrected chi connectivity index (χ0v) is 16.9. The lowest BCUT2D eigenvalue weighted by Gasteiger charge is -2.20. The molecule has 1 amide bonds. The molecule has 2 aromatic carbocycles. The highest BCUT2D eigenvalue weighted by Crippen LogP contribution is 2.30. The Kier molecular flexibility index (Phi) is 6.51. The number of H-pyrrole nitrogens is 1. The second kappa shape index (κ2) is 9.25. The number of aromatic amines is 1. The van der Waals surface area contributed by atoms with Crippen molar-refractivity contribution in [1.82, 2.24) is 14.9 Å². The predicted octanol–water partition coefficient (Wildman–Crippen LogP) is 2.51. The molecule has 3 rings (SSSR count). The van der Waals surface area contributed by atoms with E-state index in [4.69, 9.17) is 14.2 Å². The Labute approximate surface area is 172 Å². The van der Waals surface area contributed by atoms with Crippen LogP contribution in [0.25, 0.3) is 10.9 Å². The Morgan fingerprint density at radius 1 is 1.13 bits per heavy atom. The minimum absolute atomic E-state index is 0.000169. The van der Waals surface area contributed by atoms with Crippen LogP contribution in [0.15, 0.2) is 41.2 Å². The smallest absolute Gasteiger partial charge is 0.260 e. The van der Waals surface area contributed by atoms with Crippen molar-refractivity contribution < 1.29 is 23.4 Å². The number of rotatable bonds is 8. The Morgan fingerprint density at radius 2 is 1.83 bits per heavy atom. The summed E-state index contributed by atoms with van der Waals surface area (Å²) in [5.41, 5.74) is 0.0552. The number of nitrogens with one attached hydrogen (secondary N) is 1. The monoisotopic (exact) mass is 415 g/mol. The molecule has 0 saturated carbocycles. The van der Waals surface area contributed by atoms with E-state index in [0.29, 0.717) is 34.8 Å². The standard InChI is InChI=1S/C21H22FN3O5/c1-4-25(20(26)12-30-16-8-6-5-7-14(16)22)11-19-23-15-10-18(29-3)17(28-2)9-13(15)21(27)24-19/h5-10H,4,11-12H2,1-3H3,(H,23,24,27). The van der Waals surface area contributed by atoms with Crippen molar-refractivity contribution in [2.24, 2.45) is 0 Å². The molecule has 0 unspecified atom stereocenters. The van der Waals surface area contributed by atoms with Gasteiger partial charge in [-0.05, 0) is 25.1 Å². The molecular formula is C21H22FN3O5. The summed E-state index contributed by atoms with van der Waals surface area (Å²) in [4.78, 5) is 33.6. The number of amides is 1. The van der Waals surface area contributed by atoms with Crippen LogP contribution in [0.1, 0.15) is 12.7 Å². The van der Waals surface area contributed by atoms with Gasteiger partial charge in [0.1, 0.15) is 5.82 Å². The molecule has 0 fully saturated rings. The van der Waals surface area contributed by atoms with Gasteiger partial charge in [-0.15, -0.1) is 0 Å². The predicted molar refractivity (Wildman–Crippen MR) is 108 cm³/mol. The second-order valence-electron chi connectivity index (χ2n) is 6.36. The molecule has 1 N–H and O–H groups in total. The minimum Gasteiger partial charge on any atom is -0.493 e. The molecule has 0 radical (unpaired) electrons. The van der Waals surface area contributed by atoms with E-state index in [1.54, 1.807) is 25.1 Å². The second-order valence-corrected chi connectivity index (χ2v) is 6.36. The average Bonchev–Trinajstić information content (AvgIpc) is 2.75. The Morgan fingerprint density at radius 3 is 2.50 bits per heavy atom. The van der Waals surface area contributed by atoms with Crippen molar-refractivity contribution in [2.75, 3.05) is 27.4 Å². The van der Waals surface area contributed by atoms with Gasteiger partial charge in [0.2, 0.25) is 0 Å². The van der Waals surface area contributed by atoms with Gasteiger partial charge in [-0.1, -0.05) is 12.1 Å². The SMILES string of the molecule is CCN(Cc1nc2cc(OC)c(OC)cc2c(=O)[nH]1)C(=O)COc1ccccc1F. The molecule has 8 nitrogen and oxygen atoms in total. The fourth-order valence-corrected chi connectivity index (χ4v) is 2.94. The largest absolute Gasteiger partial charge is 0.493 e. The van der Waals surface area contributed by atoms with Crippen LogP contribution < -0.4 is 19.8 Å². The number of hydrogen-bond acceptors (Lipinski definition) is 6. The van der Waals surface area contributed by atoms with E-state index in [1.165, 1.54) is 37.3 Å². The van der Waals surface area contributed by atoms with Gasteiger partial charge in [0.15, 0.2) is 29.7 Å². The van der Waals surface area contributed by atoms with E-state index in [0.717, 1.165) is 0 Å². The summed E-state index contributed by atoms with van der Waals surface area (Å²) in [5, 5.41) is 0.341. The molecule has 9 heteroatoms. The zero-order valence-electron chi connectivity index (χ0n) is 16.9. The first-order chi connectivity index (χ1) is 14.5. The van der Waals surface area contributed by atoms with Gasteiger partial charge in [0.05, 0.1) is 31.7 Å². The van der Waals surface area contributed by atoms with Gasteiger partial charge < -0.3 is 24.1 Å². The number of carbonyl (C=O) groups is 1. The number of likely N-dealkylation sites (N-methyl/N-ethyl adjacent to an activating group) is 1. The summed E-state index contributed by atoms with van der Waals surface area (Å²) in [6.07, 6.45) is 0. The van der Waals surface area contributed by atoms with Crippen molar-refractivity contribution >= 4 is 16.8 Å². The number of methoxy groups -OCH3 is 2. The molecule has 30 heavy (non-hydrogen) atoms. The van der Waals surface area contributed by atoms with Gasteiger partial charge in [-0.25, -0.2) is 9.37 Å². The molecule has 3 aromatic rings. The maximum absolute atomic E-state index is 13.7. The maximum Gasteiger partial charge on any atom is 0.260 e. The highest BCUT2D eigenvalue weighted by atomic mass is 19.1. The number of carbonyl (C=O) groups excluding carboxylic acids is 1. The summed E-state index contributed by atoms with van der Waals surface area (Å²) in [5.74, 6) is 0.256. The number of fused-ring (bicyclic) bond motifs is 1. The highest BCUT2D eigenvalue weighted by molar-refractivity contribution is 5.82. The van der Waals surface area contributed by atoms with Crippen LogP contribution in [0.4, 0.5) is 4.39 Å². The van der Waals surface area contributed by atoms with Crippen molar-refractivity contribution in [1.29, 1.82) is 0 Å². The molecule has 0 spiro atoms. The van der Waals surface area contributed by atoms with Gasteiger partial charge in [0, 0.05) is 12.6 Å². The summed E-state index contributed by atoms with van der Waals surface area (Å²) < 4.78 is 29.4. The first-order valence-electron chi connectivity index (χ1n) is 9.26. The number of hydrogen-bond donors (Lipinski definition) is 1. The Balaban J connectivity index is 1.79. The van der Waals surface area contributed by atoms with Gasteiger partial charge >= 0.3 is 0 Å². The number of aromatic nitrogens is 2. The lowest BCUT2D eigenvalue weighted by Crippen LogP contribution is -2.35. The van der Waals surface area contributed by atoms with E-state index in [2.05, 4.69) is 9.97 Å². The molecule has 0 aliphatic heterocycles. The lowest BCUT2D eigenvalue weighted by molar-refractivity contribution is -0.133. The van der Waals surface area contributed by atoms with Crippen LogP contribution in [0.2, 0.25) is 0 Å². The number of para-hydroxylation sites is 1. The van der Waals surface area contributed by atoms with Crippen LogP contribution in [0.5, 0.6) is 17.2 Å². The van der Waals surface area contributed by atoms with Crippen molar-refractivity contribution in [3.8, 4) is 17.2 Å². The van der Waals surface area contributed by atoms with Crippen molar-refractivity contribution in [2.45, 2.75) is 13.5 Å². The average molecular weight is 415 g/mol. The number of halogens is 1. The van der Waals surface area contributed by atoms with Gasteiger partial charge in [-0.2, -0.15) is 0 Å². The Bertz CT molecular complexity index is 1120. The zero-order chi connectivity index (χ0) is 21.7. The first-order valence-corrected chi connectivity index (χ1v) is 9.26. The maximum atomic E-state index is 13.7. The molecule has 1 aromatic heterocycles. The van der Waals surface area contributed by atoms with Crippen LogP contribution in [0, 0.1) is 5.82 Å². The molecule has 0 aliphatic rings. The molecule has 158 valence electrons. The van der Waals surface area contributed by atoms with Gasteiger partial charge in [0.25, 0.3) is 11.5 Å². The minimum atomic E-state index is -0.543. The lowest BCUT2D eigenvalue weighted by atomic mass is 10.2. The third-order valence-electron chi connectivity index (χ3n) is 4.52. The molecule has 1 heterocycles. The van der Waals surface area contributed by atoms with E-state index in [9.17, 15) is 14.0 Å². The molecule has 0 aliphatic carbocycles. The highest BCUT2D eigenvalue weighted by Gasteiger charge is 2.17. The third kappa shape index (κ3) is 4.51. The summed E-state index contributed by atoms with van der Waals surface area (Å²) in [6, 6.07) is 9.01. The number of nitrogens with zero attached hydrogens (tertiary/aromatic N) is 2. The number of benzene rings is 2. The normalized spacial score (nSPS) is 10.7. The van der Waals surface area contributed by atoms with Gasteiger partial charge in [-0.3, -0.25) is 9.59 Å². The van der Waals surface area contributed by atoms with E-state index in [1.807, 2.05) is 0 Å². The van der Waals surface area contributed by atoms with Crippen LogP contribution in [-0.2, 0) is 11.3 Å². The quantitative estimate of drug-likeness (QED) is 0.608. The summed E-state index contributed by atoms with van der Waals surface area (Å²) in [7, 11) is 2.97. The fourth-order valence-electron chi connectivity index (χ4n) is 2.94. The summed E-state index contributed by atoms with van der Waals surface area (Å²) in [6.45, 7) is 1.87. The number of ether oxygens (including phenoxy) is 3. The van der Waals surface area contributed by atoms with Crippen LogP contribution >= 0.6 is 0 Å². The molecule has 0 atom stereocenters. The summed E-state index contributed by atoms with van der Waals surface area (Å²) >= 11 is 0. The topological polar surface area (TPSA) is 93.8 Å². The third-order valence-corrected chi connectivity index (χ3v) is 4.52. The fraction of sp³-hybridized carbons (Fsp3) is 0.286. The molecule has 0 saturated heterocycles. The van der Waals surface area contributed by atoms with Crippen LogP contribution in [-0.4, -0.2) is 48.1 Å². The van der Waals surface area contributed by atoms with E-state index >= 15 is 0 Å². The first kappa shape index (κ1) is 21.1. The Hall–Kier alpha value is -3.62. The molecule has 0 bridgehead atoms. The van der Waals surface area contributed by atoms with Crippen LogP contribution in [0.3, 0.4) is 0 Å². The van der Waals surface area contributed by atoms with Crippen molar-refractivity contribution in [3.05, 3.63) is 58.4 Å².